The Morgan fingerprint density at radius 1 is 0.744 bits per heavy atom. The first-order chi connectivity index (χ1) is 21.0. The van der Waals surface area contributed by atoms with E-state index in [2.05, 4.69) is 86.6 Å². The number of ether oxygens (including phenoxy) is 3. The van der Waals surface area contributed by atoms with Crippen LogP contribution in [0.1, 0.15) is 53.3 Å². The fourth-order valence-electron chi connectivity index (χ4n) is 5.74. The molecular weight excluding hydrogens is 556 g/mol. The molecule has 1 aliphatic rings. The van der Waals surface area contributed by atoms with Crippen LogP contribution in [-0.2, 0) is 33.9 Å². The first-order valence-electron chi connectivity index (χ1n) is 15.0. The summed E-state index contributed by atoms with van der Waals surface area (Å²) in [6.07, 6.45) is 1.66. The molecule has 6 heteroatoms. The monoisotopic (exact) mass is 596 g/mol. The van der Waals surface area contributed by atoms with Crippen molar-refractivity contribution in [1.82, 2.24) is 0 Å². The molecule has 0 amide bonds. The molecule has 43 heavy (non-hydrogen) atoms. The lowest BCUT2D eigenvalue weighted by Gasteiger charge is -2.45. The quantitative estimate of drug-likeness (QED) is 0.168. The molecule has 1 aliphatic heterocycles. The maximum atomic E-state index is 10.8. The van der Waals surface area contributed by atoms with Gasteiger partial charge in [0.1, 0.15) is 11.9 Å². The van der Waals surface area contributed by atoms with Gasteiger partial charge in [0.15, 0.2) is 6.61 Å². The molecule has 0 saturated carbocycles. The molecule has 0 aromatic heterocycles. The zero-order valence-electron chi connectivity index (χ0n) is 24.8. The van der Waals surface area contributed by atoms with Gasteiger partial charge in [-0.3, -0.25) is 0 Å². The lowest BCUT2D eigenvalue weighted by molar-refractivity contribution is -0.139. The third-order valence-electron chi connectivity index (χ3n) is 7.99. The second-order valence-electron chi connectivity index (χ2n) is 11.1. The van der Waals surface area contributed by atoms with Crippen LogP contribution in [0, 0.1) is 5.92 Å². The highest BCUT2D eigenvalue weighted by Gasteiger charge is 2.45. The number of aliphatic carboxylic acids is 1. The first-order valence-corrected chi connectivity index (χ1v) is 15.9. The molecule has 224 valence electrons. The van der Waals surface area contributed by atoms with Gasteiger partial charge >= 0.3 is 5.97 Å². The van der Waals surface area contributed by atoms with E-state index >= 15 is 0 Å². The molecule has 0 spiro atoms. The molecule has 0 radical (unpaired) electrons. The summed E-state index contributed by atoms with van der Waals surface area (Å²) in [5.41, 5.74) is 5.92. The number of hydrogen-bond acceptors (Lipinski definition) is 5. The third-order valence-corrected chi connectivity index (χ3v) is 9.94. The van der Waals surface area contributed by atoms with Crippen LogP contribution in [0.25, 0.3) is 0 Å². The molecule has 0 aliphatic carbocycles. The average Bonchev–Trinajstić information content (AvgIpc) is 3.04. The van der Waals surface area contributed by atoms with Crippen molar-refractivity contribution in [2.24, 2.45) is 5.92 Å². The minimum Gasteiger partial charge on any atom is -0.482 e. The summed E-state index contributed by atoms with van der Waals surface area (Å²) < 4.78 is 18.9. The van der Waals surface area contributed by atoms with E-state index in [9.17, 15) is 4.79 Å². The Labute approximate surface area is 259 Å². The van der Waals surface area contributed by atoms with E-state index in [1.807, 2.05) is 48.2 Å². The highest BCUT2D eigenvalue weighted by Crippen LogP contribution is 2.49. The van der Waals surface area contributed by atoms with Gasteiger partial charge in [0.25, 0.3) is 0 Å². The van der Waals surface area contributed by atoms with Gasteiger partial charge in [-0.2, -0.15) is 0 Å². The molecule has 1 N–H and O–H groups in total. The maximum Gasteiger partial charge on any atom is 0.341 e. The Hall–Kier alpha value is -3.58. The SMILES string of the molecule is CC[C@H]1S[C@@H](c2cccc(Cc3ccc(OCC(=O)O)cc3)c2)[C@H](OCc2ccccc2)[C@@H](OCc2ccccc2)[C@@H]1C. The summed E-state index contributed by atoms with van der Waals surface area (Å²) in [4.78, 5) is 10.8. The summed E-state index contributed by atoms with van der Waals surface area (Å²) in [5, 5.41) is 9.44. The second kappa shape index (κ2) is 15.2. The number of hydrogen-bond donors (Lipinski definition) is 1. The standard InChI is InChI=1S/C37H40O5S/c1-3-33-26(2)35(41-23-28-11-6-4-7-12-28)36(42-24-29-13-8-5-9-14-29)37(43-33)31-16-10-15-30(22-31)21-27-17-19-32(20-18-27)40-25-34(38)39/h4-20,22,26,33,35-37H,3,21,23-25H2,1-2H3,(H,38,39)/t26-,33-,35+,36-,37+/m1/s1. The van der Waals surface area contributed by atoms with Crippen LogP contribution >= 0.6 is 11.8 Å². The van der Waals surface area contributed by atoms with Gasteiger partial charge in [-0.1, -0.05) is 111 Å². The molecule has 4 aromatic carbocycles. The summed E-state index contributed by atoms with van der Waals surface area (Å²) >= 11 is 2.02. The predicted octanol–water partition coefficient (Wildman–Crippen LogP) is 8.11. The van der Waals surface area contributed by atoms with Crippen LogP contribution in [0.2, 0.25) is 0 Å². The van der Waals surface area contributed by atoms with Crippen LogP contribution in [0.4, 0.5) is 0 Å². The minimum atomic E-state index is -0.986. The van der Waals surface area contributed by atoms with E-state index in [4.69, 9.17) is 19.3 Å². The summed E-state index contributed by atoms with van der Waals surface area (Å²) in [6, 6.07) is 37.2. The molecule has 5 nitrogen and oxygen atoms in total. The van der Waals surface area contributed by atoms with Gasteiger partial charge in [0.2, 0.25) is 0 Å². The smallest absolute Gasteiger partial charge is 0.341 e. The fourth-order valence-corrected chi connectivity index (χ4v) is 7.40. The van der Waals surface area contributed by atoms with Crippen molar-refractivity contribution in [3.05, 3.63) is 137 Å². The summed E-state index contributed by atoms with van der Waals surface area (Å²) in [6.45, 7) is 5.33. The lowest BCUT2D eigenvalue weighted by atomic mass is 9.89. The molecule has 1 fully saturated rings. The zero-order valence-corrected chi connectivity index (χ0v) is 25.6. The first kappa shape index (κ1) is 30.9. The van der Waals surface area contributed by atoms with Crippen molar-refractivity contribution in [2.45, 2.75) is 62.6 Å². The van der Waals surface area contributed by atoms with Gasteiger partial charge in [-0.05, 0) is 58.7 Å². The molecule has 1 saturated heterocycles. The Morgan fingerprint density at radius 3 is 1.95 bits per heavy atom. The van der Waals surface area contributed by atoms with Gasteiger partial charge < -0.3 is 19.3 Å². The minimum absolute atomic E-state index is 0.0536. The molecule has 0 bridgehead atoms. The highest BCUT2D eigenvalue weighted by molar-refractivity contribution is 8.00. The van der Waals surface area contributed by atoms with Crippen molar-refractivity contribution in [3.8, 4) is 5.75 Å². The van der Waals surface area contributed by atoms with Crippen LogP contribution in [0.15, 0.2) is 109 Å². The van der Waals surface area contributed by atoms with Crippen molar-refractivity contribution in [3.63, 3.8) is 0 Å². The van der Waals surface area contributed by atoms with Crippen LogP contribution in [-0.4, -0.2) is 35.1 Å². The molecular formula is C37H40O5S. The van der Waals surface area contributed by atoms with E-state index in [0.717, 1.165) is 24.0 Å². The second-order valence-corrected chi connectivity index (χ2v) is 12.5. The van der Waals surface area contributed by atoms with Crippen molar-refractivity contribution < 1.29 is 24.1 Å². The molecule has 1 heterocycles. The largest absolute Gasteiger partial charge is 0.482 e. The van der Waals surface area contributed by atoms with Crippen molar-refractivity contribution in [2.75, 3.05) is 6.61 Å². The molecule has 0 unspecified atom stereocenters. The van der Waals surface area contributed by atoms with Crippen LogP contribution < -0.4 is 4.74 Å². The van der Waals surface area contributed by atoms with E-state index in [-0.39, 0.29) is 24.1 Å². The summed E-state index contributed by atoms with van der Waals surface area (Å²) in [7, 11) is 0. The van der Waals surface area contributed by atoms with Crippen molar-refractivity contribution >= 4 is 17.7 Å². The molecule has 5 rings (SSSR count). The van der Waals surface area contributed by atoms with Gasteiger partial charge in [0, 0.05) is 5.25 Å². The predicted molar refractivity (Wildman–Crippen MR) is 172 cm³/mol. The van der Waals surface area contributed by atoms with Gasteiger partial charge in [0.05, 0.1) is 24.6 Å². The van der Waals surface area contributed by atoms with Gasteiger partial charge in [-0.15, -0.1) is 11.8 Å². The molecule has 4 aromatic rings. The van der Waals surface area contributed by atoms with E-state index in [1.54, 1.807) is 0 Å². The average molecular weight is 597 g/mol. The highest BCUT2D eigenvalue weighted by atomic mass is 32.2. The zero-order chi connectivity index (χ0) is 30.0. The number of thioether (sulfide) groups is 1. The summed E-state index contributed by atoms with van der Waals surface area (Å²) in [5.74, 6) is -0.0982. The van der Waals surface area contributed by atoms with E-state index in [0.29, 0.717) is 30.1 Å². The topological polar surface area (TPSA) is 65.0 Å². The van der Waals surface area contributed by atoms with Gasteiger partial charge in [-0.25, -0.2) is 4.79 Å². The van der Waals surface area contributed by atoms with Crippen LogP contribution in [0.5, 0.6) is 5.75 Å². The Balaban J connectivity index is 1.39. The number of carboxylic acid groups (broad SMARTS) is 1. The molecule has 5 atom stereocenters. The Morgan fingerprint density at radius 2 is 1.35 bits per heavy atom. The normalized spacial score (nSPS) is 21.8. The lowest BCUT2D eigenvalue weighted by Crippen LogP contribution is -2.48. The fraction of sp³-hybridized carbons (Fsp3) is 0.324. The van der Waals surface area contributed by atoms with Crippen molar-refractivity contribution in [1.29, 1.82) is 0 Å². The number of benzene rings is 4. The number of carboxylic acids is 1. The number of carbonyl (C=O) groups is 1. The van der Waals surface area contributed by atoms with E-state index < -0.39 is 5.97 Å². The third kappa shape index (κ3) is 8.50. The van der Waals surface area contributed by atoms with E-state index in [1.165, 1.54) is 16.7 Å². The maximum absolute atomic E-state index is 10.8. The Kier molecular flexibility index (Phi) is 10.9. The Bertz CT molecular complexity index is 1430. The van der Waals surface area contributed by atoms with Crippen LogP contribution in [0.3, 0.4) is 0 Å². The number of rotatable bonds is 13.